The molecule has 0 amide bonds. The molecule has 3 atom stereocenters. The van der Waals surface area contributed by atoms with Crippen LogP contribution in [0.5, 0.6) is 0 Å². The molecular weight excluding hydrogens is 212 g/mol. The van der Waals surface area contributed by atoms with Gasteiger partial charge in [-0.15, -0.1) is 0 Å². The third-order valence-electron chi connectivity index (χ3n) is 4.47. The zero-order valence-corrected chi connectivity index (χ0v) is 10.6. The summed E-state index contributed by atoms with van der Waals surface area (Å²) in [5.41, 5.74) is 5.30. The fourth-order valence-corrected chi connectivity index (χ4v) is 3.36. The van der Waals surface area contributed by atoms with E-state index in [0.717, 1.165) is 12.8 Å². The van der Waals surface area contributed by atoms with Gasteiger partial charge in [-0.1, -0.05) is 19.1 Å². The van der Waals surface area contributed by atoms with Gasteiger partial charge in [0.05, 0.1) is 5.92 Å². The van der Waals surface area contributed by atoms with E-state index in [1.54, 1.807) is 0 Å². The summed E-state index contributed by atoms with van der Waals surface area (Å²) >= 11 is 0. The maximum Gasteiger partial charge on any atom is 0.309 e. The van der Waals surface area contributed by atoms with E-state index < -0.39 is 0 Å². The Morgan fingerprint density at radius 1 is 1.24 bits per heavy atom. The Bertz CT molecular complexity index is 490. The van der Waals surface area contributed by atoms with Gasteiger partial charge in [0, 0.05) is 5.92 Å². The highest BCUT2D eigenvalue weighted by molar-refractivity contribution is 5.75. The minimum Gasteiger partial charge on any atom is -0.457 e. The molecule has 17 heavy (non-hydrogen) atoms. The van der Waals surface area contributed by atoms with E-state index in [-0.39, 0.29) is 18.0 Å². The fraction of sp³-hybridized carbons (Fsp3) is 0.533. The second kappa shape index (κ2) is 3.59. The lowest BCUT2D eigenvalue weighted by Gasteiger charge is -2.30. The summed E-state index contributed by atoms with van der Waals surface area (Å²) in [6.07, 6.45) is 2.18. The molecular formula is C15H18O2. The molecule has 1 fully saturated rings. The number of hydrogen-bond donors (Lipinski definition) is 0. The summed E-state index contributed by atoms with van der Waals surface area (Å²) in [6.45, 7) is 6.28. The van der Waals surface area contributed by atoms with Crippen LogP contribution in [0.3, 0.4) is 0 Å². The predicted octanol–water partition coefficient (Wildman–Crippen LogP) is 3.10. The van der Waals surface area contributed by atoms with Gasteiger partial charge in [0.25, 0.3) is 0 Å². The van der Waals surface area contributed by atoms with Crippen molar-refractivity contribution in [2.75, 3.05) is 0 Å². The van der Waals surface area contributed by atoms with Gasteiger partial charge in [0.15, 0.2) is 0 Å². The first-order valence-electron chi connectivity index (χ1n) is 6.39. The maximum atomic E-state index is 11.7. The molecule has 2 aliphatic rings. The van der Waals surface area contributed by atoms with Crippen LogP contribution in [0.2, 0.25) is 0 Å². The van der Waals surface area contributed by atoms with Crippen LogP contribution in [0.4, 0.5) is 0 Å². The molecule has 0 bridgehead atoms. The van der Waals surface area contributed by atoms with E-state index in [2.05, 4.69) is 26.0 Å². The first-order valence-corrected chi connectivity index (χ1v) is 6.39. The topological polar surface area (TPSA) is 26.3 Å². The number of benzene rings is 1. The zero-order chi connectivity index (χ0) is 12.2. The minimum absolute atomic E-state index is 0.0150. The number of carbonyl (C=O) groups is 1. The van der Waals surface area contributed by atoms with Crippen molar-refractivity contribution in [1.29, 1.82) is 0 Å². The van der Waals surface area contributed by atoms with Crippen molar-refractivity contribution in [3.05, 3.63) is 34.4 Å². The lowest BCUT2D eigenvalue weighted by atomic mass is 9.75. The molecule has 1 aromatic carbocycles. The van der Waals surface area contributed by atoms with Crippen LogP contribution in [0.15, 0.2) is 12.1 Å². The van der Waals surface area contributed by atoms with Gasteiger partial charge in [-0.3, -0.25) is 4.79 Å². The number of aryl methyl sites for hydroxylation is 2. The Labute approximate surface area is 102 Å². The molecule has 90 valence electrons. The highest BCUT2D eigenvalue weighted by atomic mass is 16.6. The van der Waals surface area contributed by atoms with Crippen LogP contribution in [-0.2, 0) is 16.0 Å². The highest BCUT2D eigenvalue weighted by Gasteiger charge is 2.45. The van der Waals surface area contributed by atoms with Crippen molar-refractivity contribution in [1.82, 2.24) is 0 Å². The molecule has 0 spiro atoms. The van der Waals surface area contributed by atoms with Gasteiger partial charge in [0.2, 0.25) is 0 Å². The second-order valence-electron chi connectivity index (χ2n) is 5.44. The molecule has 0 N–H and O–H groups in total. The van der Waals surface area contributed by atoms with E-state index >= 15 is 0 Å². The largest absolute Gasteiger partial charge is 0.457 e. The summed E-state index contributed by atoms with van der Waals surface area (Å²) < 4.78 is 5.60. The van der Waals surface area contributed by atoms with Crippen LogP contribution in [-0.4, -0.2) is 5.97 Å². The van der Waals surface area contributed by atoms with Crippen molar-refractivity contribution in [3.63, 3.8) is 0 Å². The summed E-state index contributed by atoms with van der Waals surface area (Å²) in [5.74, 6) is 0.428. The zero-order valence-electron chi connectivity index (χ0n) is 10.6. The molecule has 0 radical (unpaired) electrons. The normalized spacial score (nSPS) is 30.8. The van der Waals surface area contributed by atoms with Crippen LogP contribution >= 0.6 is 0 Å². The highest BCUT2D eigenvalue weighted by Crippen LogP contribution is 2.47. The number of rotatable bonds is 0. The van der Waals surface area contributed by atoms with Gasteiger partial charge in [-0.2, -0.15) is 0 Å². The van der Waals surface area contributed by atoms with Crippen molar-refractivity contribution in [3.8, 4) is 0 Å². The first-order chi connectivity index (χ1) is 8.09. The third kappa shape index (κ3) is 1.43. The SMILES string of the molecule is Cc1ccc(C)c2c1CC[C@@H]1[C@@H]2OC(=O)[C@@H]1C. The molecule has 1 aliphatic heterocycles. The van der Waals surface area contributed by atoms with E-state index in [4.69, 9.17) is 4.74 Å². The number of fused-ring (bicyclic) bond motifs is 3. The number of esters is 1. The summed E-state index contributed by atoms with van der Waals surface area (Å²) in [4.78, 5) is 11.7. The predicted molar refractivity (Wildman–Crippen MR) is 65.7 cm³/mol. The third-order valence-corrected chi connectivity index (χ3v) is 4.47. The molecule has 0 aromatic heterocycles. The van der Waals surface area contributed by atoms with Gasteiger partial charge < -0.3 is 4.74 Å². The second-order valence-corrected chi connectivity index (χ2v) is 5.44. The van der Waals surface area contributed by atoms with Gasteiger partial charge in [-0.25, -0.2) is 0 Å². The van der Waals surface area contributed by atoms with Crippen LogP contribution in [0.25, 0.3) is 0 Å². The molecule has 1 saturated heterocycles. The molecule has 0 unspecified atom stereocenters. The molecule has 1 aliphatic carbocycles. The van der Waals surface area contributed by atoms with Crippen LogP contribution < -0.4 is 0 Å². The standard InChI is InChI=1S/C15H18O2/c1-8-4-5-9(2)13-11(8)6-7-12-10(3)15(16)17-14(12)13/h4-5,10,12,14H,6-7H2,1-3H3/t10-,12+,14+/m1/s1. The average molecular weight is 230 g/mol. The molecule has 1 aromatic rings. The van der Waals surface area contributed by atoms with Gasteiger partial charge in [0.1, 0.15) is 6.10 Å². The van der Waals surface area contributed by atoms with Gasteiger partial charge in [-0.05, 0) is 48.9 Å². The maximum absolute atomic E-state index is 11.7. The molecule has 2 nitrogen and oxygen atoms in total. The Morgan fingerprint density at radius 3 is 2.71 bits per heavy atom. The summed E-state index contributed by atoms with van der Waals surface area (Å²) in [7, 11) is 0. The molecule has 3 rings (SSSR count). The monoisotopic (exact) mass is 230 g/mol. The van der Waals surface area contributed by atoms with Gasteiger partial charge >= 0.3 is 5.97 Å². The van der Waals surface area contributed by atoms with Crippen LogP contribution in [0, 0.1) is 25.7 Å². The summed E-state index contributed by atoms with van der Waals surface area (Å²) in [6, 6.07) is 4.32. The van der Waals surface area contributed by atoms with E-state index in [0.29, 0.717) is 5.92 Å². The van der Waals surface area contributed by atoms with E-state index in [1.165, 1.54) is 22.3 Å². The van der Waals surface area contributed by atoms with E-state index in [9.17, 15) is 4.79 Å². The average Bonchev–Trinajstić information content (AvgIpc) is 2.60. The molecule has 0 saturated carbocycles. The lowest BCUT2D eigenvalue weighted by Crippen LogP contribution is -2.22. The Morgan fingerprint density at radius 2 is 1.94 bits per heavy atom. The Balaban J connectivity index is 2.14. The number of carbonyl (C=O) groups excluding carboxylic acids is 1. The Kier molecular flexibility index (Phi) is 2.29. The molecule has 2 heteroatoms. The summed E-state index contributed by atoms with van der Waals surface area (Å²) in [5, 5.41) is 0. The van der Waals surface area contributed by atoms with Crippen molar-refractivity contribution in [2.45, 2.75) is 39.7 Å². The molecule has 1 heterocycles. The quantitative estimate of drug-likeness (QED) is 0.640. The van der Waals surface area contributed by atoms with Crippen molar-refractivity contribution in [2.24, 2.45) is 11.8 Å². The minimum atomic E-state index is -0.0197. The van der Waals surface area contributed by atoms with E-state index in [1.807, 2.05) is 6.92 Å². The van der Waals surface area contributed by atoms with Crippen LogP contribution in [0.1, 0.15) is 41.7 Å². The van der Waals surface area contributed by atoms with Crippen molar-refractivity contribution < 1.29 is 9.53 Å². The first kappa shape index (κ1) is 10.8. The lowest BCUT2D eigenvalue weighted by molar-refractivity contribution is -0.144. The smallest absolute Gasteiger partial charge is 0.309 e. The fourth-order valence-electron chi connectivity index (χ4n) is 3.36. The number of ether oxygens (including phenoxy) is 1. The number of hydrogen-bond acceptors (Lipinski definition) is 2. The van der Waals surface area contributed by atoms with Crippen molar-refractivity contribution >= 4 is 5.97 Å². The Hall–Kier alpha value is -1.31.